The van der Waals surface area contributed by atoms with Crippen LogP contribution in [-0.4, -0.2) is 12.1 Å². The van der Waals surface area contributed by atoms with Crippen LogP contribution in [0.1, 0.15) is 0 Å². The Morgan fingerprint density at radius 1 is 1.06 bits per heavy atom. The van der Waals surface area contributed by atoms with Crippen molar-refractivity contribution in [2.75, 3.05) is 18.2 Å². The molecule has 16 heavy (non-hydrogen) atoms. The highest BCUT2D eigenvalue weighted by atomic mass is 16.5. The first-order valence-electron chi connectivity index (χ1n) is 4.90. The van der Waals surface area contributed by atoms with Gasteiger partial charge in [0.25, 0.3) is 0 Å². The third-order valence-corrected chi connectivity index (χ3v) is 2.17. The number of hydrogen-bond acceptors (Lipinski definition) is 4. The largest absolute Gasteiger partial charge is 0.497 e. The number of hydrogen-bond donors (Lipinski definition) is 2. The van der Waals surface area contributed by atoms with Crippen molar-refractivity contribution in [1.29, 1.82) is 0 Å². The van der Waals surface area contributed by atoms with E-state index in [1.807, 2.05) is 30.3 Å². The Morgan fingerprint density at radius 3 is 2.31 bits per heavy atom. The van der Waals surface area contributed by atoms with Crippen LogP contribution >= 0.6 is 0 Å². The van der Waals surface area contributed by atoms with E-state index in [1.54, 1.807) is 19.4 Å². The van der Waals surface area contributed by atoms with Gasteiger partial charge in [-0.3, -0.25) is 0 Å². The van der Waals surface area contributed by atoms with Gasteiger partial charge in [0, 0.05) is 5.69 Å². The summed E-state index contributed by atoms with van der Waals surface area (Å²) in [6.45, 7) is 0. The van der Waals surface area contributed by atoms with E-state index >= 15 is 0 Å². The summed E-state index contributed by atoms with van der Waals surface area (Å²) in [5.41, 5.74) is 7.38. The lowest BCUT2D eigenvalue weighted by atomic mass is 10.3. The van der Waals surface area contributed by atoms with Gasteiger partial charge < -0.3 is 15.8 Å². The van der Waals surface area contributed by atoms with Crippen LogP contribution in [-0.2, 0) is 0 Å². The molecular weight excluding hydrogens is 202 g/mol. The van der Waals surface area contributed by atoms with Crippen molar-refractivity contribution >= 4 is 17.2 Å². The molecule has 0 radical (unpaired) electrons. The molecule has 0 aliphatic carbocycles. The van der Waals surface area contributed by atoms with E-state index < -0.39 is 0 Å². The smallest absolute Gasteiger partial charge is 0.123 e. The minimum atomic E-state index is 0.514. The summed E-state index contributed by atoms with van der Waals surface area (Å²) < 4.78 is 5.08. The topological polar surface area (TPSA) is 60.2 Å². The van der Waals surface area contributed by atoms with Crippen molar-refractivity contribution in [3.63, 3.8) is 0 Å². The Bertz CT molecular complexity index is 451. The first-order chi connectivity index (χ1) is 7.78. The quantitative estimate of drug-likeness (QED) is 0.825. The van der Waals surface area contributed by atoms with Gasteiger partial charge in [-0.2, -0.15) is 0 Å². The van der Waals surface area contributed by atoms with Crippen molar-refractivity contribution < 1.29 is 4.74 Å². The Morgan fingerprint density at radius 2 is 1.75 bits per heavy atom. The molecule has 3 N–H and O–H groups in total. The summed E-state index contributed by atoms with van der Waals surface area (Å²) in [5.74, 6) is 1.35. The van der Waals surface area contributed by atoms with Crippen molar-refractivity contribution in [2.24, 2.45) is 0 Å². The van der Waals surface area contributed by atoms with Crippen LogP contribution in [0.3, 0.4) is 0 Å². The molecule has 0 saturated heterocycles. The van der Waals surface area contributed by atoms with Crippen LogP contribution in [0.15, 0.2) is 42.6 Å². The summed E-state index contributed by atoms with van der Waals surface area (Å²) in [7, 11) is 1.65. The SMILES string of the molecule is COc1ccc(Nc2ccc(N)nc2)cc1. The normalized spacial score (nSPS) is 9.81. The third-order valence-electron chi connectivity index (χ3n) is 2.17. The van der Waals surface area contributed by atoms with Crippen LogP contribution < -0.4 is 15.8 Å². The van der Waals surface area contributed by atoms with Gasteiger partial charge in [-0.1, -0.05) is 0 Å². The van der Waals surface area contributed by atoms with Crippen molar-refractivity contribution in [3.05, 3.63) is 42.6 Å². The molecule has 1 aromatic heterocycles. The second-order valence-electron chi connectivity index (χ2n) is 3.33. The monoisotopic (exact) mass is 215 g/mol. The summed E-state index contributed by atoms with van der Waals surface area (Å²) in [4.78, 5) is 4.00. The Hall–Kier alpha value is -2.23. The van der Waals surface area contributed by atoms with E-state index in [0.29, 0.717) is 5.82 Å². The maximum atomic E-state index is 5.50. The maximum absolute atomic E-state index is 5.50. The molecule has 0 bridgehead atoms. The van der Waals surface area contributed by atoms with Crippen molar-refractivity contribution in [2.45, 2.75) is 0 Å². The molecule has 0 unspecified atom stereocenters. The summed E-state index contributed by atoms with van der Waals surface area (Å²) in [6, 6.07) is 11.3. The number of nitrogens with two attached hydrogens (primary N) is 1. The number of rotatable bonds is 3. The highest BCUT2D eigenvalue weighted by Gasteiger charge is 1.96. The second kappa shape index (κ2) is 4.53. The average Bonchev–Trinajstić information content (AvgIpc) is 2.33. The summed E-state index contributed by atoms with van der Waals surface area (Å²) in [5, 5.41) is 3.21. The molecule has 0 atom stereocenters. The van der Waals surface area contributed by atoms with Gasteiger partial charge in [-0.15, -0.1) is 0 Å². The molecule has 1 aromatic carbocycles. The molecule has 4 nitrogen and oxygen atoms in total. The van der Waals surface area contributed by atoms with E-state index in [9.17, 15) is 0 Å². The number of anilines is 3. The first-order valence-corrected chi connectivity index (χ1v) is 4.90. The van der Waals surface area contributed by atoms with E-state index in [1.165, 1.54) is 0 Å². The molecule has 0 spiro atoms. The fourth-order valence-electron chi connectivity index (χ4n) is 1.32. The molecule has 0 aliphatic rings. The van der Waals surface area contributed by atoms with Crippen molar-refractivity contribution in [3.8, 4) is 5.75 Å². The van der Waals surface area contributed by atoms with Gasteiger partial charge in [0.2, 0.25) is 0 Å². The van der Waals surface area contributed by atoms with Gasteiger partial charge in [-0.05, 0) is 36.4 Å². The maximum Gasteiger partial charge on any atom is 0.123 e. The molecule has 0 fully saturated rings. The molecular formula is C12H13N3O. The molecule has 82 valence electrons. The van der Waals surface area contributed by atoms with Crippen molar-refractivity contribution in [1.82, 2.24) is 4.98 Å². The zero-order chi connectivity index (χ0) is 11.4. The van der Waals surface area contributed by atoms with E-state index in [-0.39, 0.29) is 0 Å². The molecule has 0 aliphatic heterocycles. The number of nitrogen functional groups attached to an aromatic ring is 1. The summed E-state index contributed by atoms with van der Waals surface area (Å²) >= 11 is 0. The van der Waals surface area contributed by atoms with Crippen LogP contribution in [0, 0.1) is 0 Å². The highest BCUT2D eigenvalue weighted by Crippen LogP contribution is 2.19. The van der Waals surface area contributed by atoms with Gasteiger partial charge in [0.15, 0.2) is 0 Å². The Labute approximate surface area is 94.1 Å². The summed E-state index contributed by atoms with van der Waals surface area (Å²) in [6.07, 6.45) is 1.69. The molecule has 2 rings (SSSR count). The predicted octanol–water partition coefficient (Wildman–Crippen LogP) is 2.42. The molecule has 4 heteroatoms. The van der Waals surface area contributed by atoms with Gasteiger partial charge in [0.1, 0.15) is 11.6 Å². The lowest BCUT2D eigenvalue weighted by Crippen LogP contribution is -1.93. The number of nitrogens with one attached hydrogen (secondary N) is 1. The van der Waals surface area contributed by atoms with Crippen LogP contribution in [0.4, 0.5) is 17.2 Å². The molecule has 0 amide bonds. The van der Waals surface area contributed by atoms with Gasteiger partial charge in [0.05, 0.1) is 19.0 Å². The Kier molecular flexibility index (Phi) is 2.91. The van der Waals surface area contributed by atoms with Gasteiger partial charge >= 0.3 is 0 Å². The highest BCUT2D eigenvalue weighted by molar-refractivity contribution is 5.60. The Balaban J connectivity index is 2.11. The number of pyridine rings is 1. The lowest BCUT2D eigenvalue weighted by molar-refractivity contribution is 0.415. The minimum absolute atomic E-state index is 0.514. The minimum Gasteiger partial charge on any atom is -0.497 e. The fourth-order valence-corrected chi connectivity index (χ4v) is 1.32. The number of aromatic nitrogens is 1. The zero-order valence-electron chi connectivity index (χ0n) is 8.97. The van der Waals surface area contributed by atoms with Gasteiger partial charge in [-0.25, -0.2) is 4.98 Å². The molecule has 1 heterocycles. The van der Waals surface area contributed by atoms with Crippen LogP contribution in [0.2, 0.25) is 0 Å². The first kappa shape index (κ1) is 10.3. The number of ether oxygens (including phenoxy) is 1. The average molecular weight is 215 g/mol. The van der Waals surface area contributed by atoms with Crippen LogP contribution in [0.25, 0.3) is 0 Å². The zero-order valence-corrected chi connectivity index (χ0v) is 8.97. The van der Waals surface area contributed by atoms with E-state index in [2.05, 4.69) is 10.3 Å². The third kappa shape index (κ3) is 2.42. The predicted molar refractivity (Wildman–Crippen MR) is 64.9 cm³/mol. The van der Waals surface area contributed by atoms with E-state index in [4.69, 9.17) is 10.5 Å². The molecule has 2 aromatic rings. The second-order valence-corrected chi connectivity index (χ2v) is 3.33. The van der Waals surface area contributed by atoms with Crippen LogP contribution in [0.5, 0.6) is 5.75 Å². The number of nitrogens with zero attached hydrogens (tertiary/aromatic N) is 1. The fraction of sp³-hybridized carbons (Fsp3) is 0.0833. The lowest BCUT2D eigenvalue weighted by Gasteiger charge is -2.06. The van der Waals surface area contributed by atoms with E-state index in [0.717, 1.165) is 17.1 Å². The number of methoxy groups -OCH3 is 1. The number of benzene rings is 1. The standard InChI is InChI=1S/C12H13N3O/c1-16-11-5-2-9(3-6-11)15-10-4-7-12(13)14-8-10/h2-8,15H,1H3,(H2,13,14). The molecule has 0 saturated carbocycles.